The minimum Gasteiger partial charge on any atom is -0.399 e. The topological polar surface area (TPSA) is 81.1 Å². The maximum absolute atomic E-state index is 11.7. The van der Waals surface area contributed by atoms with Crippen molar-refractivity contribution in [3.63, 3.8) is 0 Å². The first-order valence-electron chi connectivity index (χ1n) is 4.77. The lowest BCUT2D eigenvalue weighted by Gasteiger charge is -2.18. The summed E-state index contributed by atoms with van der Waals surface area (Å²) >= 11 is 0. The van der Waals surface area contributed by atoms with E-state index in [1.54, 1.807) is 18.2 Å². The van der Waals surface area contributed by atoms with Crippen molar-refractivity contribution < 1.29 is 4.79 Å². The quantitative estimate of drug-likeness (QED) is 0.614. The lowest BCUT2D eigenvalue weighted by molar-refractivity contribution is -0.123. The predicted octanol–water partition coefficient (Wildman–Crippen LogP) is 1.84. The van der Waals surface area contributed by atoms with Crippen molar-refractivity contribution in [1.82, 2.24) is 0 Å². The fraction of sp³-hybridized carbons (Fsp3) is 0.364. The summed E-state index contributed by atoms with van der Waals surface area (Å²) in [5, 5.41) is 2.75. The molecule has 4 heteroatoms. The average molecular weight is 207 g/mol. The Hall–Kier alpha value is -1.71. The molecule has 0 fully saturated rings. The van der Waals surface area contributed by atoms with Crippen LogP contribution in [0.25, 0.3) is 0 Å². The van der Waals surface area contributed by atoms with Crippen LogP contribution in [-0.2, 0) is 4.79 Å². The van der Waals surface area contributed by atoms with Crippen molar-refractivity contribution in [2.75, 3.05) is 16.8 Å². The molecule has 0 heterocycles. The average Bonchev–Trinajstić information content (AvgIpc) is 2.09. The Bertz CT molecular complexity index is 380. The van der Waals surface area contributed by atoms with Gasteiger partial charge in [-0.25, -0.2) is 0 Å². The van der Waals surface area contributed by atoms with Crippen molar-refractivity contribution in [3.05, 3.63) is 18.2 Å². The van der Waals surface area contributed by atoms with Gasteiger partial charge in [-0.05, 0) is 18.2 Å². The summed E-state index contributed by atoms with van der Waals surface area (Å²) in [5.74, 6) is -0.0835. The molecular formula is C11H17N3O. The van der Waals surface area contributed by atoms with E-state index in [0.717, 1.165) is 0 Å². The number of nitrogen functional groups attached to an aromatic ring is 2. The van der Waals surface area contributed by atoms with Crippen LogP contribution in [0.3, 0.4) is 0 Å². The first kappa shape index (κ1) is 11.4. The van der Waals surface area contributed by atoms with Crippen LogP contribution in [0.4, 0.5) is 17.1 Å². The first-order valence-corrected chi connectivity index (χ1v) is 4.77. The van der Waals surface area contributed by atoms with Crippen molar-refractivity contribution in [3.8, 4) is 0 Å². The van der Waals surface area contributed by atoms with E-state index in [1.165, 1.54) is 0 Å². The minimum atomic E-state index is -0.447. The van der Waals surface area contributed by atoms with Crippen LogP contribution in [0, 0.1) is 5.41 Å². The Kier molecular flexibility index (Phi) is 2.88. The molecule has 0 atom stereocenters. The number of rotatable bonds is 1. The molecule has 0 radical (unpaired) electrons. The van der Waals surface area contributed by atoms with Gasteiger partial charge in [0.05, 0.1) is 11.4 Å². The second-order valence-corrected chi connectivity index (χ2v) is 4.55. The fourth-order valence-corrected chi connectivity index (χ4v) is 0.992. The van der Waals surface area contributed by atoms with Crippen LogP contribution in [0.15, 0.2) is 18.2 Å². The maximum atomic E-state index is 11.7. The highest BCUT2D eigenvalue weighted by Gasteiger charge is 2.21. The molecule has 1 aromatic rings. The van der Waals surface area contributed by atoms with Gasteiger partial charge in [-0.15, -0.1) is 0 Å². The SMILES string of the molecule is CC(C)(C)C(=O)Nc1cc(N)ccc1N. The highest BCUT2D eigenvalue weighted by Crippen LogP contribution is 2.24. The zero-order valence-corrected chi connectivity index (χ0v) is 9.29. The summed E-state index contributed by atoms with van der Waals surface area (Å²) in [7, 11) is 0. The van der Waals surface area contributed by atoms with E-state index < -0.39 is 5.41 Å². The summed E-state index contributed by atoms with van der Waals surface area (Å²) in [6.07, 6.45) is 0. The Morgan fingerprint density at radius 1 is 1.27 bits per heavy atom. The Labute approximate surface area is 89.6 Å². The van der Waals surface area contributed by atoms with Gasteiger partial charge in [-0.1, -0.05) is 20.8 Å². The lowest BCUT2D eigenvalue weighted by atomic mass is 9.95. The molecule has 4 nitrogen and oxygen atoms in total. The summed E-state index contributed by atoms with van der Waals surface area (Å²) in [5.41, 5.74) is 12.5. The number of hydrogen-bond donors (Lipinski definition) is 3. The molecule has 82 valence electrons. The highest BCUT2D eigenvalue weighted by molar-refractivity contribution is 5.97. The standard InChI is InChI=1S/C11H17N3O/c1-11(2,3)10(15)14-9-6-7(12)4-5-8(9)13/h4-6H,12-13H2,1-3H3,(H,14,15). The van der Waals surface area contributed by atoms with E-state index in [0.29, 0.717) is 17.1 Å². The molecule has 15 heavy (non-hydrogen) atoms. The van der Waals surface area contributed by atoms with Crippen molar-refractivity contribution in [2.45, 2.75) is 20.8 Å². The zero-order valence-electron chi connectivity index (χ0n) is 9.29. The Morgan fingerprint density at radius 3 is 2.40 bits per heavy atom. The van der Waals surface area contributed by atoms with E-state index in [1.807, 2.05) is 20.8 Å². The first-order chi connectivity index (χ1) is 6.80. The fourth-order valence-electron chi connectivity index (χ4n) is 0.992. The predicted molar refractivity (Wildman–Crippen MR) is 63.4 cm³/mol. The van der Waals surface area contributed by atoms with E-state index in [2.05, 4.69) is 5.32 Å². The summed E-state index contributed by atoms with van der Waals surface area (Å²) < 4.78 is 0. The summed E-state index contributed by atoms with van der Waals surface area (Å²) in [4.78, 5) is 11.7. The number of nitrogens with two attached hydrogens (primary N) is 2. The molecule has 1 amide bonds. The highest BCUT2D eigenvalue weighted by atomic mass is 16.2. The van der Waals surface area contributed by atoms with Crippen molar-refractivity contribution >= 4 is 23.0 Å². The monoisotopic (exact) mass is 207 g/mol. The van der Waals surface area contributed by atoms with Crippen LogP contribution in [-0.4, -0.2) is 5.91 Å². The molecule has 0 spiro atoms. The number of anilines is 3. The molecule has 5 N–H and O–H groups in total. The third kappa shape index (κ3) is 2.87. The second-order valence-electron chi connectivity index (χ2n) is 4.55. The van der Waals surface area contributed by atoms with Gasteiger partial charge >= 0.3 is 0 Å². The minimum absolute atomic E-state index is 0.0835. The van der Waals surface area contributed by atoms with Crippen LogP contribution in [0.1, 0.15) is 20.8 Å². The Balaban J connectivity index is 2.90. The van der Waals surface area contributed by atoms with Crippen molar-refractivity contribution in [1.29, 1.82) is 0 Å². The van der Waals surface area contributed by atoms with Gasteiger partial charge < -0.3 is 16.8 Å². The van der Waals surface area contributed by atoms with Gasteiger partial charge in [0.15, 0.2) is 0 Å². The molecule has 0 saturated heterocycles. The number of benzene rings is 1. The third-order valence-corrected chi connectivity index (χ3v) is 2.01. The number of carbonyl (C=O) groups excluding carboxylic acids is 1. The van der Waals surface area contributed by atoms with Crippen LogP contribution in [0.5, 0.6) is 0 Å². The van der Waals surface area contributed by atoms with Crippen LogP contribution in [0.2, 0.25) is 0 Å². The van der Waals surface area contributed by atoms with Gasteiger partial charge in [-0.2, -0.15) is 0 Å². The summed E-state index contributed by atoms with van der Waals surface area (Å²) in [6.45, 7) is 5.51. The van der Waals surface area contributed by atoms with E-state index in [4.69, 9.17) is 11.5 Å². The molecule has 1 rings (SSSR count). The molecule has 0 aliphatic carbocycles. The molecular weight excluding hydrogens is 190 g/mol. The molecule has 0 unspecified atom stereocenters. The van der Waals surface area contributed by atoms with Gasteiger partial charge in [0.25, 0.3) is 0 Å². The van der Waals surface area contributed by atoms with Crippen molar-refractivity contribution in [2.24, 2.45) is 5.41 Å². The lowest BCUT2D eigenvalue weighted by Crippen LogP contribution is -2.28. The number of amides is 1. The molecule has 0 aliphatic rings. The van der Waals surface area contributed by atoms with E-state index >= 15 is 0 Å². The molecule has 1 aromatic carbocycles. The third-order valence-electron chi connectivity index (χ3n) is 2.01. The van der Waals surface area contributed by atoms with Crippen LogP contribution >= 0.6 is 0 Å². The summed E-state index contributed by atoms with van der Waals surface area (Å²) in [6, 6.07) is 5.02. The van der Waals surface area contributed by atoms with Gasteiger partial charge in [-0.3, -0.25) is 4.79 Å². The molecule has 0 bridgehead atoms. The Morgan fingerprint density at radius 2 is 1.87 bits per heavy atom. The molecule has 0 saturated carbocycles. The second kappa shape index (κ2) is 3.81. The molecule has 0 aliphatic heterocycles. The normalized spacial score (nSPS) is 11.1. The van der Waals surface area contributed by atoms with Crippen LogP contribution < -0.4 is 16.8 Å². The number of nitrogens with one attached hydrogen (secondary N) is 1. The molecule has 0 aromatic heterocycles. The largest absolute Gasteiger partial charge is 0.399 e. The maximum Gasteiger partial charge on any atom is 0.229 e. The number of carbonyl (C=O) groups is 1. The van der Waals surface area contributed by atoms with E-state index in [-0.39, 0.29) is 5.91 Å². The zero-order chi connectivity index (χ0) is 11.6. The number of hydrogen-bond acceptors (Lipinski definition) is 3. The van der Waals surface area contributed by atoms with Gasteiger partial charge in [0.2, 0.25) is 5.91 Å². The van der Waals surface area contributed by atoms with Gasteiger partial charge in [0, 0.05) is 11.1 Å². The smallest absolute Gasteiger partial charge is 0.229 e. The van der Waals surface area contributed by atoms with E-state index in [9.17, 15) is 4.79 Å². The van der Waals surface area contributed by atoms with Gasteiger partial charge in [0.1, 0.15) is 0 Å².